The van der Waals surface area contributed by atoms with E-state index in [1.54, 1.807) is 13.0 Å². The molecule has 0 saturated heterocycles. The van der Waals surface area contributed by atoms with Crippen molar-refractivity contribution in [2.45, 2.75) is 6.92 Å². The van der Waals surface area contributed by atoms with Gasteiger partial charge in [-0.25, -0.2) is 0 Å². The van der Waals surface area contributed by atoms with Crippen molar-refractivity contribution in [3.05, 3.63) is 46.7 Å². The van der Waals surface area contributed by atoms with Gasteiger partial charge in [-0.3, -0.25) is 10.1 Å². The first kappa shape index (κ1) is 8.62. The van der Waals surface area contributed by atoms with Crippen molar-refractivity contribution in [1.29, 1.82) is 0 Å². The molecule has 0 aliphatic carbocycles. The highest BCUT2D eigenvalue weighted by Crippen LogP contribution is 1.96. The molecule has 3 heteroatoms. The van der Waals surface area contributed by atoms with E-state index in [1.165, 1.54) is 18.2 Å². The Balaban J connectivity index is 4.41. The molecule has 0 atom stereocenters. The predicted molar refractivity (Wildman–Crippen MR) is 40.1 cm³/mol. The van der Waals surface area contributed by atoms with Gasteiger partial charge in [-0.2, -0.15) is 0 Å². The molecule has 0 aliphatic heterocycles. The molecule has 0 aliphatic rings. The van der Waals surface area contributed by atoms with E-state index < -0.39 is 4.92 Å². The quantitative estimate of drug-likeness (QED) is 0.340. The minimum Gasteiger partial charge on any atom is -0.258 e. The summed E-state index contributed by atoms with van der Waals surface area (Å²) in [6, 6.07) is 0. The van der Waals surface area contributed by atoms with Gasteiger partial charge in [0.2, 0.25) is 0 Å². The van der Waals surface area contributed by atoms with Crippen molar-refractivity contribution < 1.29 is 4.92 Å². The van der Waals surface area contributed by atoms with Crippen molar-refractivity contribution >= 4 is 0 Å². The smallest absolute Gasteiger partial charge is 0.258 e. The molecule has 0 rings (SSSR count). The highest BCUT2D eigenvalue weighted by atomic mass is 16.6. The minimum absolute atomic E-state index is 0.0532. The third-order valence-corrected chi connectivity index (χ3v) is 0.837. The molecule has 0 radical (unpaired) electrons. The lowest BCUT2D eigenvalue weighted by atomic mass is 10.3. The second-order valence-electron chi connectivity index (χ2n) is 1.58. The van der Waals surface area contributed by atoms with Crippen molar-refractivity contribution in [3.63, 3.8) is 0 Å². The number of nitro groups is 1. The van der Waals surface area contributed by atoms with Crippen molar-refractivity contribution in [2.75, 3.05) is 0 Å². The van der Waals surface area contributed by atoms with E-state index in [1.807, 2.05) is 0 Å². The lowest BCUT2D eigenvalue weighted by Gasteiger charge is -1.85. The van der Waals surface area contributed by atoms with Crippen LogP contribution in [0.1, 0.15) is 6.92 Å². The monoisotopic (exact) mass is 139 g/mol. The third-order valence-electron chi connectivity index (χ3n) is 0.837. The molecule has 0 aromatic rings. The van der Waals surface area contributed by atoms with E-state index >= 15 is 0 Å². The molecule has 54 valence electrons. The fourth-order valence-corrected chi connectivity index (χ4v) is 0.469. The van der Waals surface area contributed by atoms with Crippen LogP contribution in [0.2, 0.25) is 0 Å². The van der Waals surface area contributed by atoms with Gasteiger partial charge < -0.3 is 0 Å². The fourth-order valence-electron chi connectivity index (χ4n) is 0.469. The van der Waals surface area contributed by atoms with Crippen LogP contribution in [-0.2, 0) is 0 Å². The molecule has 0 saturated carbocycles. The Morgan fingerprint density at radius 2 is 2.30 bits per heavy atom. The summed E-state index contributed by atoms with van der Waals surface area (Å²) in [5, 5.41) is 10.1. The maximum Gasteiger partial charge on any atom is 0.269 e. The number of nitrogens with zero attached hydrogens (tertiary/aromatic N) is 1. The maximum atomic E-state index is 10.1. The molecule has 0 bridgehead atoms. The SMILES string of the molecule is C=C/C=C(\C=C/C)[N+](=O)[O-]. The van der Waals surface area contributed by atoms with Crippen LogP contribution in [0, 0.1) is 10.1 Å². The highest BCUT2D eigenvalue weighted by molar-refractivity contribution is 5.15. The van der Waals surface area contributed by atoms with E-state index in [2.05, 4.69) is 6.58 Å². The van der Waals surface area contributed by atoms with Gasteiger partial charge in [-0.05, 0) is 6.92 Å². The summed E-state index contributed by atoms with van der Waals surface area (Å²) in [6.07, 6.45) is 5.76. The summed E-state index contributed by atoms with van der Waals surface area (Å²) in [5.74, 6) is 0. The van der Waals surface area contributed by atoms with Crippen LogP contribution in [0.5, 0.6) is 0 Å². The zero-order chi connectivity index (χ0) is 7.98. The molecule has 0 heterocycles. The van der Waals surface area contributed by atoms with Gasteiger partial charge in [0.25, 0.3) is 5.70 Å². The minimum atomic E-state index is -0.457. The molecular formula is C7H9NO2. The average Bonchev–Trinajstić information content (AvgIpc) is 1.87. The van der Waals surface area contributed by atoms with E-state index in [-0.39, 0.29) is 5.70 Å². The maximum absolute atomic E-state index is 10.1. The summed E-state index contributed by atoms with van der Waals surface area (Å²) in [6.45, 7) is 5.07. The van der Waals surface area contributed by atoms with Crippen LogP contribution in [0.4, 0.5) is 0 Å². The molecule has 0 amide bonds. The van der Waals surface area contributed by atoms with Crippen LogP contribution in [0.25, 0.3) is 0 Å². The molecular weight excluding hydrogens is 130 g/mol. The van der Waals surface area contributed by atoms with Crippen molar-refractivity contribution in [1.82, 2.24) is 0 Å². The Labute approximate surface area is 59.5 Å². The Hall–Kier alpha value is -1.38. The summed E-state index contributed by atoms with van der Waals surface area (Å²) in [7, 11) is 0. The van der Waals surface area contributed by atoms with E-state index in [0.29, 0.717) is 0 Å². The Morgan fingerprint density at radius 3 is 2.60 bits per heavy atom. The number of hydrogen-bond donors (Lipinski definition) is 0. The summed E-state index contributed by atoms with van der Waals surface area (Å²) >= 11 is 0. The van der Waals surface area contributed by atoms with Crippen LogP contribution in [-0.4, -0.2) is 4.92 Å². The lowest BCUT2D eigenvalue weighted by molar-refractivity contribution is -0.419. The largest absolute Gasteiger partial charge is 0.269 e. The van der Waals surface area contributed by atoms with Crippen LogP contribution < -0.4 is 0 Å². The Morgan fingerprint density at radius 1 is 1.70 bits per heavy atom. The second-order valence-corrected chi connectivity index (χ2v) is 1.58. The van der Waals surface area contributed by atoms with Gasteiger partial charge in [0.1, 0.15) is 0 Å². The molecule has 0 spiro atoms. The van der Waals surface area contributed by atoms with Crippen molar-refractivity contribution in [2.24, 2.45) is 0 Å². The van der Waals surface area contributed by atoms with E-state index in [0.717, 1.165) is 0 Å². The number of hydrogen-bond acceptors (Lipinski definition) is 2. The van der Waals surface area contributed by atoms with E-state index in [4.69, 9.17) is 0 Å². The van der Waals surface area contributed by atoms with Gasteiger partial charge in [0, 0.05) is 12.2 Å². The standard InChI is InChI=1S/C7H9NO2/c1-3-5-7(6-4-2)8(9)10/h3-6H,1H2,2H3/b6-4-,7-5+. The zero-order valence-electron chi connectivity index (χ0n) is 5.78. The van der Waals surface area contributed by atoms with Gasteiger partial charge in [0.05, 0.1) is 4.92 Å². The van der Waals surface area contributed by atoms with Gasteiger partial charge in [-0.1, -0.05) is 18.7 Å². The number of rotatable bonds is 3. The van der Waals surface area contributed by atoms with Gasteiger partial charge in [0.15, 0.2) is 0 Å². The third kappa shape index (κ3) is 2.81. The number of allylic oxidation sites excluding steroid dienone is 4. The van der Waals surface area contributed by atoms with Crippen LogP contribution >= 0.6 is 0 Å². The molecule has 0 aromatic carbocycles. The van der Waals surface area contributed by atoms with E-state index in [9.17, 15) is 10.1 Å². The fraction of sp³-hybridized carbons (Fsp3) is 0.143. The Kier molecular flexibility index (Phi) is 3.87. The topological polar surface area (TPSA) is 43.1 Å². The van der Waals surface area contributed by atoms with Crippen molar-refractivity contribution in [3.8, 4) is 0 Å². The average molecular weight is 139 g/mol. The second kappa shape index (κ2) is 4.49. The highest BCUT2D eigenvalue weighted by Gasteiger charge is 2.00. The van der Waals surface area contributed by atoms with Gasteiger partial charge >= 0.3 is 0 Å². The summed E-state index contributed by atoms with van der Waals surface area (Å²) in [5.41, 5.74) is 0.0532. The molecule has 0 N–H and O–H groups in total. The molecule has 0 aromatic heterocycles. The predicted octanol–water partition coefficient (Wildman–Crippen LogP) is 1.91. The Bertz CT molecular complexity index is 192. The summed E-state index contributed by atoms with van der Waals surface area (Å²) < 4.78 is 0. The summed E-state index contributed by atoms with van der Waals surface area (Å²) in [4.78, 5) is 9.66. The molecule has 0 unspecified atom stereocenters. The van der Waals surface area contributed by atoms with Crippen LogP contribution in [0.15, 0.2) is 36.6 Å². The lowest BCUT2D eigenvalue weighted by Crippen LogP contribution is -1.93. The first-order valence-electron chi connectivity index (χ1n) is 2.82. The van der Waals surface area contributed by atoms with Crippen LogP contribution in [0.3, 0.4) is 0 Å². The molecule has 3 nitrogen and oxygen atoms in total. The first-order valence-corrected chi connectivity index (χ1v) is 2.82. The first-order chi connectivity index (χ1) is 4.72. The zero-order valence-corrected chi connectivity index (χ0v) is 5.78. The molecule has 10 heavy (non-hydrogen) atoms. The van der Waals surface area contributed by atoms with Gasteiger partial charge in [-0.15, -0.1) is 0 Å². The molecule has 0 fully saturated rings. The normalized spacial score (nSPS) is 11.9.